The van der Waals surface area contributed by atoms with E-state index >= 15 is 0 Å². The van der Waals surface area contributed by atoms with Gasteiger partial charge in [-0.3, -0.25) is 4.57 Å². The number of hydrogen-bond acceptors (Lipinski definition) is 3. The molecule has 5 nitrogen and oxygen atoms in total. The van der Waals surface area contributed by atoms with Gasteiger partial charge in [0.25, 0.3) is 0 Å². The predicted molar refractivity (Wildman–Crippen MR) is 56.7 cm³/mol. The standard InChI is InChI=1S/C11H9NO4/c1-16-11(15)12-5-4-7-2-3-8(10(13)14)6-9(7)12/h2-6H,1H3,(H,13,14). The first-order chi connectivity index (χ1) is 7.63. The Labute approximate surface area is 90.9 Å². The Balaban J connectivity index is 2.64. The van der Waals surface area contributed by atoms with Crippen LogP contribution in [0.2, 0.25) is 0 Å². The van der Waals surface area contributed by atoms with Crippen LogP contribution in [0.3, 0.4) is 0 Å². The van der Waals surface area contributed by atoms with Crippen LogP contribution in [0.25, 0.3) is 10.9 Å². The number of carboxylic acids is 1. The second-order valence-electron chi connectivity index (χ2n) is 3.23. The zero-order chi connectivity index (χ0) is 11.7. The number of methoxy groups -OCH3 is 1. The van der Waals surface area contributed by atoms with Gasteiger partial charge in [0.2, 0.25) is 0 Å². The van der Waals surface area contributed by atoms with Crippen molar-refractivity contribution in [2.45, 2.75) is 0 Å². The van der Waals surface area contributed by atoms with Crippen molar-refractivity contribution in [3.63, 3.8) is 0 Å². The van der Waals surface area contributed by atoms with Gasteiger partial charge >= 0.3 is 12.1 Å². The molecule has 0 saturated carbocycles. The highest BCUT2D eigenvalue weighted by atomic mass is 16.5. The van der Waals surface area contributed by atoms with Gasteiger partial charge in [-0.15, -0.1) is 0 Å². The monoisotopic (exact) mass is 219 g/mol. The number of fused-ring (bicyclic) bond motifs is 1. The number of carboxylic acid groups (broad SMARTS) is 1. The van der Waals surface area contributed by atoms with Crippen molar-refractivity contribution in [2.75, 3.05) is 7.11 Å². The van der Waals surface area contributed by atoms with E-state index in [2.05, 4.69) is 4.74 Å². The van der Waals surface area contributed by atoms with Crippen LogP contribution in [0.4, 0.5) is 4.79 Å². The van der Waals surface area contributed by atoms with Gasteiger partial charge in [0.1, 0.15) is 0 Å². The van der Waals surface area contributed by atoms with E-state index in [0.29, 0.717) is 5.52 Å². The van der Waals surface area contributed by atoms with Gasteiger partial charge in [0.15, 0.2) is 0 Å². The molecule has 0 radical (unpaired) electrons. The van der Waals surface area contributed by atoms with Crippen molar-refractivity contribution in [3.8, 4) is 0 Å². The third-order valence-corrected chi connectivity index (χ3v) is 2.31. The number of carbonyl (C=O) groups is 2. The molecule has 5 heteroatoms. The molecule has 82 valence electrons. The molecule has 0 aliphatic rings. The van der Waals surface area contributed by atoms with Gasteiger partial charge in [-0.2, -0.15) is 0 Å². The van der Waals surface area contributed by atoms with E-state index in [4.69, 9.17) is 5.11 Å². The molecular formula is C11H9NO4. The third kappa shape index (κ3) is 1.52. The summed E-state index contributed by atoms with van der Waals surface area (Å²) in [6.07, 6.45) is 1.000. The maximum Gasteiger partial charge on any atom is 0.418 e. The summed E-state index contributed by atoms with van der Waals surface area (Å²) in [5.41, 5.74) is 0.656. The van der Waals surface area contributed by atoms with Gasteiger partial charge < -0.3 is 9.84 Å². The number of aromatic nitrogens is 1. The molecule has 2 rings (SSSR count). The summed E-state index contributed by atoms with van der Waals surface area (Å²) < 4.78 is 5.85. The molecule has 0 aliphatic heterocycles. The summed E-state index contributed by atoms with van der Waals surface area (Å²) in [7, 11) is 1.27. The number of ether oxygens (including phenoxy) is 1. The third-order valence-electron chi connectivity index (χ3n) is 2.31. The lowest BCUT2D eigenvalue weighted by Crippen LogP contribution is -2.09. The highest BCUT2D eigenvalue weighted by Crippen LogP contribution is 2.18. The van der Waals surface area contributed by atoms with E-state index in [-0.39, 0.29) is 5.56 Å². The van der Waals surface area contributed by atoms with Gasteiger partial charge in [0, 0.05) is 11.6 Å². The Morgan fingerprint density at radius 3 is 2.69 bits per heavy atom. The first-order valence-corrected chi connectivity index (χ1v) is 4.56. The number of carbonyl (C=O) groups excluding carboxylic acids is 1. The maximum atomic E-state index is 11.4. The SMILES string of the molecule is COC(=O)n1ccc2ccc(C(=O)O)cc21. The molecule has 1 aromatic heterocycles. The molecule has 1 heterocycles. The molecule has 0 unspecified atom stereocenters. The Hall–Kier alpha value is -2.30. The molecule has 0 fully saturated rings. The number of rotatable bonds is 1. The van der Waals surface area contributed by atoms with E-state index in [1.165, 1.54) is 23.8 Å². The van der Waals surface area contributed by atoms with Crippen molar-refractivity contribution in [1.29, 1.82) is 0 Å². The number of benzene rings is 1. The molecule has 0 saturated heterocycles. The lowest BCUT2D eigenvalue weighted by molar-refractivity contribution is 0.0697. The van der Waals surface area contributed by atoms with Crippen LogP contribution in [-0.4, -0.2) is 28.8 Å². The van der Waals surface area contributed by atoms with Crippen LogP contribution >= 0.6 is 0 Å². The smallest absolute Gasteiger partial charge is 0.418 e. The Morgan fingerprint density at radius 2 is 2.06 bits per heavy atom. The molecule has 0 amide bonds. The molecule has 0 aliphatic carbocycles. The zero-order valence-electron chi connectivity index (χ0n) is 8.51. The van der Waals surface area contributed by atoms with E-state index in [1.807, 2.05) is 0 Å². The van der Waals surface area contributed by atoms with Gasteiger partial charge in [-0.25, -0.2) is 9.59 Å². The fraction of sp³-hybridized carbons (Fsp3) is 0.0909. The zero-order valence-corrected chi connectivity index (χ0v) is 8.51. The summed E-state index contributed by atoms with van der Waals surface area (Å²) in [6.45, 7) is 0. The number of hydrogen-bond donors (Lipinski definition) is 1. The predicted octanol–water partition coefficient (Wildman–Crippen LogP) is 1.95. The highest BCUT2D eigenvalue weighted by molar-refractivity contribution is 5.96. The van der Waals surface area contributed by atoms with Crippen LogP contribution in [-0.2, 0) is 4.74 Å². The Bertz CT molecular complexity index is 570. The van der Waals surface area contributed by atoms with Crippen molar-refractivity contribution < 1.29 is 19.4 Å². The van der Waals surface area contributed by atoms with E-state index in [9.17, 15) is 9.59 Å². The second kappa shape index (κ2) is 3.69. The topological polar surface area (TPSA) is 68.5 Å². The molecule has 1 N–H and O–H groups in total. The highest BCUT2D eigenvalue weighted by Gasteiger charge is 2.11. The molecule has 0 bridgehead atoms. The molecule has 0 atom stereocenters. The minimum absolute atomic E-state index is 0.136. The molecule has 2 aromatic rings. The normalized spacial score (nSPS) is 10.3. The van der Waals surface area contributed by atoms with Gasteiger partial charge in [-0.05, 0) is 18.2 Å². The van der Waals surface area contributed by atoms with E-state index in [0.717, 1.165) is 5.39 Å². The van der Waals surface area contributed by atoms with Crippen molar-refractivity contribution >= 4 is 23.0 Å². The summed E-state index contributed by atoms with van der Waals surface area (Å²) >= 11 is 0. The van der Waals surface area contributed by atoms with Gasteiger partial charge in [-0.1, -0.05) is 6.07 Å². The van der Waals surface area contributed by atoms with Crippen LogP contribution in [0.15, 0.2) is 30.5 Å². The molecule has 0 spiro atoms. The Kier molecular flexibility index (Phi) is 2.36. The fourth-order valence-corrected chi connectivity index (χ4v) is 1.52. The average molecular weight is 219 g/mol. The van der Waals surface area contributed by atoms with E-state index < -0.39 is 12.1 Å². The summed E-state index contributed by atoms with van der Waals surface area (Å²) in [5.74, 6) is -1.03. The van der Waals surface area contributed by atoms with Gasteiger partial charge in [0.05, 0.1) is 18.2 Å². The summed E-state index contributed by atoms with van der Waals surface area (Å²) in [6, 6.07) is 6.30. The quantitative estimate of drug-likeness (QED) is 0.795. The second-order valence-corrected chi connectivity index (χ2v) is 3.23. The van der Waals surface area contributed by atoms with Crippen LogP contribution in [0.1, 0.15) is 10.4 Å². The maximum absolute atomic E-state index is 11.4. The molecule has 1 aromatic carbocycles. The van der Waals surface area contributed by atoms with Crippen LogP contribution in [0.5, 0.6) is 0 Å². The summed E-state index contributed by atoms with van der Waals surface area (Å²) in [4.78, 5) is 22.2. The Morgan fingerprint density at radius 1 is 1.31 bits per heavy atom. The van der Waals surface area contributed by atoms with Crippen LogP contribution in [0, 0.1) is 0 Å². The molecular weight excluding hydrogens is 210 g/mol. The average Bonchev–Trinajstić information content (AvgIpc) is 2.70. The van der Waals surface area contributed by atoms with Crippen molar-refractivity contribution in [3.05, 3.63) is 36.0 Å². The number of nitrogens with zero attached hydrogens (tertiary/aromatic N) is 1. The summed E-state index contributed by atoms with van der Waals surface area (Å²) in [5, 5.41) is 9.63. The lowest BCUT2D eigenvalue weighted by atomic mass is 10.2. The fourth-order valence-electron chi connectivity index (χ4n) is 1.52. The number of aromatic carboxylic acids is 1. The largest absolute Gasteiger partial charge is 0.478 e. The molecule has 16 heavy (non-hydrogen) atoms. The lowest BCUT2D eigenvalue weighted by Gasteiger charge is -2.02. The first kappa shape index (κ1) is 10.2. The minimum atomic E-state index is -1.03. The van der Waals surface area contributed by atoms with Crippen molar-refractivity contribution in [2.24, 2.45) is 0 Å². The van der Waals surface area contributed by atoms with Crippen LogP contribution < -0.4 is 0 Å². The van der Waals surface area contributed by atoms with E-state index in [1.54, 1.807) is 18.3 Å². The van der Waals surface area contributed by atoms with Crippen molar-refractivity contribution in [1.82, 2.24) is 4.57 Å². The minimum Gasteiger partial charge on any atom is -0.478 e. The first-order valence-electron chi connectivity index (χ1n) is 4.56.